The second kappa shape index (κ2) is 7.21. The van der Waals surface area contributed by atoms with Crippen molar-refractivity contribution in [3.8, 4) is 5.75 Å². The fraction of sp³-hybridized carbons (Fsp3) is 0.500. The van der Waals surface area contributed by atoms with Crippen molar-refractivity contribution in [2.45, 2.75) is 38.3 Å². The summed E-state index contributed by atoms with van der Waals surface area (Å²) in [4.78, 5) is 21.5. The van der Waals surface area contributed by atoms with E-state index >= 15 is 0 Å². The number of nitro benzene ring substituents is 1. The van der Waals surface area contributed by atoms with Crippen molar-refractivity contribution in [1.82, 2.24) is 0 Å². The first kappa shape index (κ1) is 16.9. The van der Waals surface area contributed by atoms with Gasteiger partial charge in [-0.2, -0.15) is 8.78 Å². The Bertz CT molecular complexity index is 597. The van der Waals surface area contributed by atoms with E-state index in [4.69, 9.17) is 5.73 Å². The lowest BCUT2D eigenvalue weighted by atomic mass is 9.84. The molecule has 0 aliphatic heterocycles. The quantitative estimate of drug-likeness (QED) is 0.616. The molecule has 2 rings (SSSR count). The number of rotatable bonds is 6. The summed E-state index contributed by atoms with van der Waals surface area (Å²) in [5, 5.41) is 13.9. The average Bonchev–Trinajstić information content (AvgIpc) is 2.46. The highest BCUT2D eigenvalue weighted by Crippen LogP contribution is 2.33. The molecule has 3 N–H and O–H groups in total. The lowest BCUT2D eigenvalue weighted by Crippen LogP contribution is -2.40. The monoisotopic (exact) mass is 329 g/mol. The van der Waals surface area contributed by atoms with Gasteiger partial charge in [-0.05, 0) is 18.9 Å². The minimum absolute atomic E-state index is 0.234. The Morgan fingerprint density at radius 1 is 1.39 bits per heavy atom. The van der Waals surface area contributed by atoms with Crippen LogP contribution in [0.15, 0.2) is 18.2 Å². The molecule has 126 valence electrons. The van der Waals surface area contributed by atoms with Crippen LogP contribution < -0.4 is 15.8 Å². The van der Waals surface area contributed by atoms with Gasteiger partial charge in [0, 0.05) is 23.9 Å². The smallest absolute Gasteiger partial charge is 0.387 e. The minimum Gasteiger partial charge on any atom is -0.427 e. The molecule has 1 aromatic rings. The van der Waals surface area contributed by atoms with Gasteiger partial charge in [0.2, 0.25) is 11.7 Å². The predicted octanol–water partition coefficient (Wildman–Crippen LogP) is 2.65. The van der Waals surface area contributed by atoms with Crippen LogP contribution in [-0.4, -0.2) is 23.5 Å². The topological polar surface area (TPSA) is 107 Å². The van der Waals surface area contributed by atoms with Gasteiger partial charge in [-0.25, -0.2) is 0 Å². The molecule has 0 saturated heterocycles. The van der Waals surface area contributed by atoms with Crippen molar-refractivity contribution in [3.63, 3.8) is 0 Å². The van der Waals surface area contributed by atoms with Gasteiger partial charge >= 0.3 is 12.3 Å². The van der Waals surface area contributed by atoms with E-state index in [1.807, 2.05) is 0 Å². The summed E-state index contributed by atoms with van der Waals surface area (Å²) in [5.74, 6) is -1.31. The average molecular weight is 329 g/mol. The lowest BCUT2D eigenvalue weighted by molar-refractivity contribution is -0.386. The van der Waals surface area contributed by atoms with Gasteiger partial charge < -0.3 is 15.8 Å². The van der Waals surface area contributed by atoms with Crippen LogP contribution in [0.3, 0.4) is 0 Å². The fourth-order valence-electron chi connectivity index (χ4n) is 2.80. The van der Waals surface area contributed by atoms with Gasteiger partial charge in [0.1, 0.15) is 0 Å². The van der Waals surface area contributed by atoms with E-state index in [-0.39, 0.29) is 12.0 Å². The fourth-order valence-corrected chi connectivity index (χ4v) is 2.80. The van der Waals surface area contributed by atoms with E-state index in [0.717, 1.165) is 25.0 Å². The summed E-state index contributed by atoms with van der Waals surface area (Å²) >= 11 is 0. The van der Waals surface area contributed by atoms with Crippen molar-refractivity contribution in [1.29, 1.82) is 0 Å². The van der Waals surface area contributed by atoms with Crippen LogP contribution in [0.4, 0.5) is 20.2 Å². The molecular weight excluding hydrogens is 312 g/mol. The zero-order chi connectivity index (χ0) is 17.0. The maximum absolute atomic E-state index is 12.4. The molecule has 0 aromatic heterocycles. The third-order valence-corrected chi connectivity index (χ3v) is 3.86. The van der Waals surface area contributed by atoms with E-state index in [0.29, 0.717) is 18.5 Å². The highest BCUT2D eigenvalue weighted by molar-refractivity contribution is 5.78. The van der Waals surface area contributed by atoms with Crippen LogP contribution in [0.1, 0.15) is 25.7 Å². The molecule has 1 saturated carbocycles. The van der Waals surface area contributed by atoms with Crippen LogP contribution >= 0.6 is 0 Å². The number of nitrogens with one attached hydrogen (secondary N) is 1. The number of anilines is 1. The Balaban J connectivity index is 2.22. The number of alkyl halides is 2. The van der Waals surface area contributed by atoms with Crippen molar-refractivity contribution in [2.75, 3.05) is 5.32 Å². The number of primary amides is 1. The number of hydrogen-bond donors (Lipinski definition) is 2. The summed E-state index contributed by atoms with van der Waals surface area (Å²) in [5.41, 5.74) is 5.19. The largest absolute Gasteiger partial charge is 0.427 e. The highest BCUT2D eigenvalue weighted by atomic mass is 19.3. The summed E-state index contributed by atoms with van der Waals surface area (Å²) in [6, 6.07) is 3.38. The maximum atomic E-state index is 12.4. The predicted molar refractivity (Wildman–Crippen MR) is 78.3 cm³/mol. The molecule has 0 spiro atoms. The van der Waals surface area contributed by atoms with Crippen molar-refractivity contribution >= 4 is 17.3 Å². The first-order valence-corrected chi connectivity index (χ1v) is 7.17. The number of hydrogen-bond acceptors (Lipinski definition) is 5. The Labute approximate surface area is 130 Å². The minimum atomic E-state index is -3.17. The summed E-state index contributed by atoms with van der Waals surface area (Å²) < 4.78 is 29.0. The summed E-state index contributed by atoms with van der Waals surface area (Å²) in [6.45, 7) is -3.17. The van der Waals surface area contributed by atoms with Gasteiger partial charge in [0.05, 0.1) is 10.8 Å². The molecule has 2 atom stereocenters. The van der Waals surface area contributed by atoms with E-state index in [1.165, 1.54) is 6.07 Å². The molecule has 1 aliphatic rings. The third kappa shape index (κ3) is 4.27. The summed E-state index contributed by atoms with van der Waals surface area (Å²) in [6.07, 6.45) is 3.16. The van der Waals surface area contributed by atoms with Crippen LogP contribution in [-0.2, 0) is 4.79 Å². The second-order valence-corrected chi connectivity index (χ2v) is 5.36. The Morgan fingerprint density at radius 3 is 2.70 bits per heavy atom. The maximum Gasteiger partial charge on any atom is 0.387 e. The summed E-state index contributed by atoms with van der Waals surface area (Å²) in [7, 11) is 0. The molecular formula is C14H17F2N3O4. The molecule has 0 radical (unpaired) electrons. The molecule has 1 amide bonds. The number of nitrogens with zero attached hydrogens (tertiary/aromatic N) is 1. The normalized spacial score (nSPS) is 21.0. The van der Waals surface area contributed by atoms with Crippen molar-refractivity contribution in [3.05, 3.63) is 28.3 Å². The van der Waals surface area contributed by atoms with E-state index < -0.39 is 28.9 Å². The molecule has 1 fully saturated rings. The third-order valence-electron chi connectivity index (χ3n) is 3.86. The van der Waals surface area contributed by atoms with Crippen LogP contribution in [0.25, 0.3) is 0 Å². The molecule has 7 nitrogen and oxygen atoms in total. The van der Waals surface area contributed by atoms with E-state index in [2.05, 4.69) is 10.1 Å². The number of nitrogens with two attached hydrogens (primary N) is 1. The second-order valence-electron chi connectivity index (χ2n) is 5.36. The number of benzene rings is 1. The zero-order valence-electron chi connectivity index (χ0n) is 12.2. The van der Waals surface area contributed by atoms with E-state index in [1.54, 1.807) is 0 Å². The van der Waals surface area contributed by atoms with Crippen LogP contribution in [0.2, 0.25) is 0 Å². The Hall–Kier alpha value is -2.45. The van der Waals surface area contributed by atoms with Gasteiger partial charge in [0.15, 0.2) is 0 Å². The Kier molecular flexibility index (Phi) is 5.30. The molecule has 0 heterocycles. The molecule has 1 aliphatic carbocycles. The molecule has 1 aromatic carbocycles. The zero-order valence-corrected chi connectivity index (χ0v) is 12.2. The number of ether oxygens (including phenoxy) is 1. The van der Waals surface area contributed by atoms with Gasteiger partial charge in [0.25, 0.3) is 0 Å². The van der Waals surface area contributed by atoms with Gasteiger partial charge in [-0.1, -0.05) is 12.8 Å². The molecule has 0 bridgehead atoms. The number of amides is 1. The lowest BCUT2D eigenvalue weighted by Gasteiger charge is -2.30. The number of halogens is 2. The molecule has 9 heteroatoms. The molecule has 23 heavy (non-hydrogen) atoms. The van der Waals surface area contributed by atoms with Crippen LogP contribution in [0.5, 0.6) is 5.75 Å². The van der Waals surface area contributed by atoms with Crippen molar-refractivity contribution in [2.24, 2.45) is 11.7 Å². The van der Waals surface area contributed by atoms with Gasteiger partial charge in [-0.15, -0.1) is 0 Å². The van der Waals surface area contributed by atoms with Gasteiger partial charge in [-0.3, -0.25) is 14.9 Å². The standard InChI is InChI=1S/C14H17F2N3O4/c15-14(16)23-12-7-8(5-6-11(12)19(21)22)18-10-4-2-1-3-9(10)13(17)20/h5-7,9-10,14,18H,1-4H2,(H2,17,20). The first-order chi connectivity index (χ1) is 10.9. The number of nitro groups is 1. The molecule has 2 unspecified atom stereocenters. The Morgan fingerprint density at radius 2 is 2.09 bits per heavy atom. The number of carbonyl (C=O) groups is 1. The van der Waals surface area contributed by atoms with Crippen molar-refractivity contribution < 1.29 is 23.2 Å². The number of carbonyl (C=O) groups excluding carboxylic acids is 1. The first-order valence-electron chi connectivity index (χ1n) is 7.17. The highest BCUT2D eigenvalue weighted by Gasteiger charge is 2.29. The SMILES string of the molecule is NC(=O)C1CCCCC1Nc1ccc([N+](=O)[O-])c(OC(F)F)c1. The van der Waals surface area contributed by atoms with E-state index in [9.17, 15) is 23.7 Å². The van der Waals surface area contributed by atoms with Crippen LogP contribution in [0, 0.1) is 16.0 Å².